The van der Waals surface area contributed by atoms with E-state index in [1.165, 1.54) is 6.07 Å². The van der Waals surface area contributed by atoms with Crippen LogP contribution in [0.15, 0.2) is 18.2 Å². The predicted octanol–water partition coefficient (Wildman–Crippen LogP) is 1.63. The van der Waals surface area contributed by atoms with Crippen molar-refractivity contribution in [1.82, 2.24) is 4.90 Å². The third kappa shape index (κ3) is 2.67. The molecule has 1 saturated heterocycles. The van der Waals surface area contributed by atoms with Crippen LogP contribution in [0.5, 0.6) is 0 Å². The minimum atomic E-state index is -0.825. The normalized spacial score (nSPS) is 16.9. The van der Waals surface area contributed by atoms with Crippen LogP contribution in [0, 0.1) is 11.6 Å². The lowest BCUT2D eigenvalue weighted by molar-refractivity contribution is -0.130. The fourth-order valence-corrected chi connectivity index (χ4v) is 2.36. The Morgan fingerprint density at radius 1 is 1.28 bits per heavy atom. The van der Waals surface area contributed by atoms with Crippen LogP contribution in [0.3, 0.4) is 0 Å². The number of carbonyl (C=O) groups excluding carboxylic acids is 1. The summed E-state index contributed by atoms with van der Waals surface area (Å²) >= 11 is 0. The standard InChI is InChI=1S/C13H16F2N2O/c14-11-2-1-10(7-12(11)15)9-3-5-17(6-4-9)13(18)8-16/h1-2,7,9H,3-6,8,16H2. The highest BCUT2D eigenvalue weighted by molar-refractivity contribution is 5.78. The Morgan fingerprint density at radius 3 is 2.50 bits per heavy atom. The highest BCUT2D eigenvalue weighted by Crippen LogP contribution is 2.28. The number of nitrogens with two attached hydrogens (primary N) is 1. The molecule has 0 radical (unpaired) electrons. The van der Waals surface area contributed by atoms with Crippen LogP contribution in [-0.4, -0.2) is 30.4 Å². The SMILES string of the molecule is NCC(=O)N1CCC(c2ccc(F)c(F)c2)CC1. The lowest BCUT2D eigenvalue weighted by atomic mass is 9.89. The van der Waals surface area contributed by atoms with E-state index in [0.717, 1.165) is 24.5 Å². The van der Waals surface area contributed by atoms with Crippen LogP contribution < -0.4 is 5.73 Å². The first-order valence-corrected chi connectivity index (χ1v) is 6.04. The van der Waals surface area contributed by atoms with E-state index in [1.54, 1.807) is 11.0 Å². The second-order valence-electron chi connectivity index (χ2n) is 4.53. The van der Waals surface area contributed by atoms with Gasteiger partial charge >= 0.3 is 0 Å². The zero-order chi connectivity index (χ0) is 13.1. The lowest BCUT2D eigenvalue weighted by Crippen LogP contribution is -2.41. The summed E-state index contributed by atoms with van der Waals surface area (Å²) in [5.74, 6) is -1.51. The van der Waals surface area contributed by atoms with Gasteiger partial charge in [0.05, 0.1) is 6.54 Å². The summed E-state index contributed by atoms with van der Waals surface area (Å²) in [6, 6.07) is 4.02. The Hall–Kier alpha value is -1.49. The summed E-state index contributed by atoms with van der Waals surface area (Å²) in [4.78, 5) is 13.1. The van der Waals surface area contributed by atoms with Gasteiger partial charge in [-0.3, -0.25) is 4.79 Å². The van der Waals surface area contributed by atoms with E-state index in [-0.39, 0.29) is 18.4 Å². The Kier molecular flexibility index (Phi) is 3.91. The van der Waals surface area contributed by atoms with Gasteiger partial charge in [0, 0.05) is 13.1 Å². The number of piperidine rings is 1. The molecule has 3 nitrogen and oxygen atoms in total. The first-order chi connectivity index (χ1) is 8.61. The minimum absolute atomic E-state index is 0.0237. The lowest BCUT2D eigenvalue weighted by Gasteiger charge is -2.32. The average Bonchev–Trinajstić information content (AvgIpc) is 2.41. The zero-order valence-electron chi connectivity index (χ0n) is 10.0. The molecule has 0 unspecified atom stereocenters. The molecular weight excluding hydrogens is 238 g/mol. The van der Waals surface area contributed by atoms with Gasteiger partial charge in [-0.1, -0.05) is 6.07 Å². The molecule has 0 aliphatic carbocycles. The Balaban J connectivity index is 2.01. The second-order valence-corrected chi connectivity index (χ2v) is 4.53. The van der Waals surface area contributed by atoms with Gasteiger partial charge in [-0.05, 0) is 36.5 Å². The molecule has 2 N–H and O–H groups in total. The molecule has 0 atom stereocenters. The van der Waals surface area contributed by atoms with Crippen LogP contribution in [-0.2, 0) is 4.79 Å². The molecule has 98 valence electrons. The molecule has 0 aromatic heterocycles. The van der Waals surface area contributed by atoms with Crippen LogP contribution in [0.1, 0.15) is 24.3 Å². The molecule has 5 heteroatoms. The van der Waals surface area contributed by atoms with Crippen molar-refractivity contribution in [3.8, 4) is 0 Å². The largest absolute Gasteiger partial charge is 0.342 e. The maximum atomic E-state index is 13.1. The summed E-state index contributed by atoms with van der Waals surface area (Å²) in [5, 5.41) is 0. The predicted molar refractivity (Wildman–Crippen MR) is 64.0 cm³/mol. The molecule has 18 heavy (non-hydrogen) atoms. The number of nitrogens with zero attached hydrogens (tertiary/aromatic N) is 1. The number of halogens is 2. The second kappa shape index (κ2) is 5.44. The highest BCUT2D eigenvalue weighted by Gasteiger charge is 2.23. The molecule has 1 aromatic rings. The first kappa shape index (κ1) is 13.0. The van der Waals surface area contributed by atoms with E-state index in [9.17, 15) is 13.6 Å². The van der Waals surface area contributed by atoms with Crippen molar-refractivity contribution in [2.45, 2.75) is 18.8 Å². The topological polar surface area (TPSA) is 46.3 Å². The van der Waals surface area contributed by atoms with Crippen LogP contribution in [0.4, 0.5) is 8.78 Å². The van der Waals surface area contributed by atoms with Gasteiger partial charge in [-0.2, -0.15) is 0 Å². The summed E-state index contributed by atoms with van der Waals surface area (Å²) in [6.45, 7) is 1.27. The Morgan fingerprint density at radius 2 is 1.94 bits per heavy atom. The molecule has 1 aromatic carbocycles. The van der Waals surface area contributed by atoms with E-state index in [0.29, 0.717) is 13.1 Å². The number of likely N-dealkylation sites (tertiary alicyclic amines) is 1. The van der Waals surface area contributed by atoms with Crippen molar-refractivity contribution < 1.29 is 13.6 Å². The van der Waals surface area contributed by atoms with Crippen molar-refractivity contribution in [3.05, 3.63) is 35.4 Å². The van der Waals surface area contributed by atoms with Crippen molar-refractivity contribution in [2.75, 3.05) is 19.6 Å². The van der Waals surface area contributed by atoms with Crippen molar-refractivity contribution in [1.29, 1.82) is 0 Å². The first-order valence-electron chi connectivity index (χ1n) is 6.04. The number of hydrogen-bond donors (Lipinski definition) is 1. The maximum absolute atomic E-state index is 13.1. The van der Waals surface area contributed by atoms with E-state index in [4.69, 9.17) is 5.73 Å². The molecule has 1 fully saturated rings. The van der Waals surface area contributed by atoms with Crippen LogP contribution in [0.2, 0.25) is 0 Å². The average molecular weight is 254 g/mol. The molecular formula is C13H16F2N2O. The summed E-state index contributed by atoms with van der Waals surface area (Å²) in [7, 11) is 0. The van der Waals surface area contributed by atoms with Gasteiger partial charge in [0.25, 0.3) is 0 Å². The van der Waals surface area contributed by atoms with Gasteiger partial charge in [-0.15, -0.1) is 0 Å². The monoisotopic (exact) mass is 254 g/mol. The summed E-state index contributed by atoms with van der Waals surface area (Å²) in [6.07, 6.45) is 1.52. The van der Waals surface area contributed by atoms with Crippen molar-refractivity contribution in [2.24, 2.45) is 5.73 Å². The molecule has 0 saturated carbocycles. The summed E-state index contributed by atoms with van der Waals surface area (Å²) < 4.78 is 26.0. The number of rotatable bonds is 2. The van der Waals surface area contributed by atoms with Gasteiger partial charge in [0.2, 0.25) is 5.91 Å². The van der Waals surface area contributed by atoms with E-state index in [1.807, 2.05) is 0 Å². The van der Waals surface area contributed by atoms with E-state index in [2.05, 4.69) is 0 Å². The summed E-state index contributed by atoms with van der Waals surface area (Å²) in [5.41, 5.74) is 6.10. The number of amides is 1. The van der Waals surface area contributed by atoms with Crippen LogP contribution >= 0.6 is 0 Å². The van der Waals surface area contributed by atoms with E-state index >= 15 is 0 Å². The number of benzene rings is 1. The van der Waals surface area contributed by atoms with Crippen molar-refractivity contribution in [3.63, 3.8) is 0 Å². The maximum Gasteiger partial charge on any atom is 0.236 e. The minimum Gasteiger partial charge on any atom is -0.342 e. The van der Waals surface area contributed by atoms with Gasteiger partial charge in [0.1, 0.15) is 0 Å². The fourth-order valence-electron chi connectivity index (χ4n) is 2.36. The van der Waals surface area contributed by atoms with Crippen LogP contribution in [0.25, 0.3) is 0 Å². The van der Waals surface area contributed by atoms with Gasteiger partial charge in [-0.25, -0.2) is 8.78 Å². The third-order valence-corrected chi connectivity index (χ3v) is 3.44. The molecule has 1 aliphatic rings. The third-order valence-electron chi connectivity index (χ3n) is 3.44. The fraction of sp³-hybridized carbons (Fsp3) is 0.462. The smallest absolute Gasteiger partial charge is 0.236 e. The van der Waals surface area contributed by atoms with Gasteiger partial charge < -0.3 is 10.6 Å². The highest BCUT2D eigenvalue weighted by atomic mass is 19.2. The quantitative estimate of drug-likeness (QED) is 0.872. The molecule has 1 aliphatic heterocycles. The number of hydrogen-bond acceptors (Lipinski definition) is 2. The zero-order valence-corrected chi connectivity index (χ0v) is 10.0. The molecule has 0 spiro atoms. The Bertz CT molecular complexity index is 443. The molecule has 1 amide bonds. The molecule has 0 bridgehead atoms. The van der Waals surface area contributed by atoms with Gasteiger partial charge in [0.15, 0.2) is 11.6 Å². The number of carbonyl (C=O) groups is 1. The Labute approximate surface area is 105 Å². The van der Waals surface area contributed by atoms with Crippen molar-refractivity contribution >= 4 is 5.91 Å². The van der Waals surface area contributed by atoms with E-state index < -0.39 is 11.6 Å². The molecule has 2 rings (SSSR count). The molecule has 1 heterocycles.